The van der Waals surface area contributed by atoms with Crippen LogP contribution in [0.15, 0.2) is 53.6 Å². The second-order valence-corrected chi connectivity index (χ2v) is 7.33. The monoisotopic (exact) mass is 340 g/mol. The van der Waals surface area contributed by atoms with Gasteiger partial charge in [-0.25, -0.2) is 0 Å². The van der Waals surface area contributed by atoms with E-state index in [9.17, 15) is 0 Å². The van der Waals surface area contributed by atoms with Crippen LogP contribution in [0.5, 0.6) is 5.75 Å². The Balaban J connectivity index is 1.70. The Kier molecular flexibility index (Phi) is 3.97. The number of fused-ring (bicyclic) bond motifs is 3. The molecule has 0 saturated heterocycles. The molecule has 2 aliphatic rings. The summed E-state index contributed by atoms with van der Waals surface area (Å²) in [5.41, 5.74) is 3.46. The van der Waals surface area contributed by atoms with Crippen LogP contribution in [0.4, 0.5) is 0 Å². The molecule has 4 rings (SSSR count). The SMILES string of the molecule is CC(C)C[C@H]1Oc2ccccc2[C@@H]2CC(c3ccc(Cl)cc3)=NN12. The molecule has 2 atom stereocenters. The summed E-state index contributed by atoms with van der Waals surface area (Å²) in [6.07, 6.45) is 1.86. The van der Waals surface area contributed by atoms with Gasteiger partial charge >= 0.3 is 0 Å². The number of benzene rings is 2. The van der Waals surface area contributed by atoms with Gasteiger partial charge < -0.3 is 4.74 Å². The lowest BCUT2D eigenvalue weighted by Crippen LogP contribution is -2.41. The van der Waals surface area contributed by atoms with Crippen LogP contribution in [0.1, 0.15) is 43.9 Å². The third-order valence-corrected chi connectivity index (χ3v) is 4.88. The molecule has 3 nitrogen and oxygen atoms in total. The maximum Gasteiger partial charge on any atom is 0.188 e. The van der Waals surface area contributed by atoms with Gasteiger partial charge in [0.05, 0.1) is 11.8 Å². The molecular weight excluding hydrogens is 320 g/mol. The van der Waals surface area contributed by atoms with Crippen molar-refractivity contribution < 1.29 is 4.74 Å². The van der Waals surface area contributed by atoms with Crippen molar-refractivity contribution in [2.75, 3.05) is 0 Å². The predicted molar refractivity (Wildman–Crippen MR) is 97.5 cm³/mol. The number of para-hydroxylation sites is 1. The number of ether oxygens (including phenoxy) is 1. The van der Waals surface area contributed by atoms with Crippen molar-refractivity contribution in [1.29, 1.82) is 0 Å². The van der Waals surface area contributed by atoms with Crippen molar-refractivity contribution in [2.24, 2.45) is 11.0 Å². The van der Waals surface area contributed by atoms with Crippen molar-refractivity contribution in [3.8, 4) is 5.75 Å². The maximum absolute atomic E-state index is 6.26. The van der Waals surface area contributed by atoms with Gasteiger partial charge in [-0.2, -0.15) is 5.10 Å². The molecule has 0 amide bonds. The van der Waals surface area contributed by atoms with Crippen LogP contribution in [0.2, 0.25) is 5.02 Å². The number of nitrogens with zero attached hydrogens (tertiary/aromatic N) is 2. The molecule has 2 aromatic rings. The van der Waals surface area contributed by atoms with Crippen LogP contribution in [0, 0.1) is 5.92 Å². The van der Waals surface area contributed by atoms with Gasteiger partial charge in [-0.05, 0) is 29.7 Å². The Morgan fingerprint density at radius 2 is 1.92 bits per heavy atom. The van der Waals surface area contributed by atoms with Crippen molar-refractivity contribution in [1.82, 2.24) is 5.01 Å². The average Bonchev–Trinajstić information content (AvgIpc) is 3.01. The molecule has 0 saturated carbocycles. The Bertz CT molecular complexity index is 769. The fourth-order valence-corrected chi connectivity index (χ4v) is 3.61. The quantitative estimate of drug-likeness (QED) is 0.761. The van der Waals surface area contributed by atoms with Crippen molar-refractivity contribution in [3.63, 3.8) is 0 Å². The average molecular weight is 341 g/mol. The van der Waals surface area contributed by atoms with E-state index in [2.05, 4.69) is 37.1 Å². The van der Waals surface area contributed by atoms with E-state index in [1.54, 1.807) is 0 Å². The first-order chi connectivity index (χ1) is 11.6. The first-order valence-electron chi connectivity index (χ1n) is 8.49. The standard InChI is InChI=1S/C20H21ClN2O/c1-13(2)11-20-23-18(16-5-3-4-6-19(16)24-20)12-17(22-23)14-7-9-15(21)10-8-14/h3-10,13,18,20H,11-12H2,1-2H3/t18-,20+/m0/s1. The van der Waals surface area contributed by atoms with E-state index >= 15 is 0 Å². The lowest BCUT2D eigenvalue weighted by Gasteiger charge is -2.38. The zero-order valence-corrected chi connectivity index (χ0v) is 14.7. The first kappa shape index (κ1) is 15.5. The van der Waals surface area contributed by atoms with Crippen LogP contribution < -0.4 is 4.74 Å². The molecule has 0 unspecified atom stereocenters. The van der Waals surface area contributed by atoms with Crippen LogP contribution in [0.3, 0.4) is 0 Å². The molecule has 2 aromatic carbocycles. The zero-order chi connectivity index (χ0) is 16.7. The van der Waals surface area contributed by atoms with Crippen LogP contribution in [0.25, 0.3) is 0 Å². The van der Waals surface area contributed by atoms with Crippen LogP contribution >= 0.6 is 11.6 Å². The smallest absolute Gasteiger partial charge is 0.188 e. The summed E-state index contributed by atoms with van der Waals surface area (Å²) in [5, 5.41) is 7.84. The summed E-state index contributed by atoms with van der Waals surface area (Å²) in [4.78, 5) is 0. The third-order valence-electron chi connectivity index (χ3n) is 4.63. The van der Waals surface area contributed by atoms with Gasteiger partial charge in [-0.3, -0.25) is 5.01 Å². The molecule has 124 valence electrons. The van der Waals surface area contributed by atoms with E-state index in [1.165, 1.54) is 5.56 Å². The van der Waals surface area contributed by atoms with Gasteiger partial charge in [0.25, 0.3) is 0 Å². The fraction of sp³-hybridized carbons (Fsp3) is 0.350. The van der Waals surface area contributed by atoms with E-state index in [0.717, 1.165) is 34.9 Å². The van der Waals surface area contributed by atoms with E-state index in [4.69, 9.17) is 21.4 Å². The molecule has 0 aromatic heterocycles. The van der Waals surface area contributed by atoms with Crippen molar-refractivity contribution in [3.05, 3.63) is 64.7 Å². The summed E-state index contributed by atoms with van der Waals surface area (Å²) < 4.78 is 6.26. The van der Waals surface area contributed by atoms with E-state index in [0.29, 0.717) is 5.92 Å². The summed E-state index contributed by atoms with van der Waals surface area (Å²) in [6, 6.07) is 16.5. The number of rotatable bonds is 3. The number of hydrogen-bond acceptors (Lipinski definition) is 3. The largest absolute Gasteiger partial charge is 0.469 e. The molecule has 0 spiro atoms. The van der Waals surface area contributed by atoms with Gasteiger partial charge in [0.2, 0.25) is 0 Å². The third kappa shape index (κ3) is 2.78. The molecule has 0 bridgehead atoms. The van der Waals surface area contributed by atoms with E-state index in [-0.39, 0.29) is 12.3 Å². The summed E-state index contributed by atoms with van der Waals surface area (Å²) >= 11 is 6.02. The molecule has 2 aliphatic heterocycles. The van der Waals surface area contributed by atoms with Crippen LogP contribution in [-0.4, -0.2) is 16.9 Å². The van der Waals surface area contributed by atoms with Crippen LogP contribution in [-0.2, 0) is 0 Å². The molecule has 24 heavy (non-hydrogen) atoms. The normalized spacial score (nSPS) is 22.0. The Morgan fingerprint density at radius 3 is 2.67 bits per heavy atom. The predicted octanol–water partition coefficient (Wildman–Crippen LogP) is 5.26. The molecule has 0 N–H and O–H groups in total. The molecule has 0 aliphatic carbocycles. The summed E-state index contributed by atoms with van der Waals surface area (Å²) in [7, 11) is 0. The second kappa shape index (κ2) is 6.14. The molecule has 4 heteroatoms. The van der Waals surface area contributed by atoms with Gasteiger partial charge in [-0.15, -0.1) is 0 Å². The Labute approximate surface area is 147 Å². The lowest BCUT2D eigenvalue weighted by molar-refractivity contribution is -0.0291. The fourth-order valence-electron chi connectivity index (χ4n) is 3.49. The highest BCUT2D eigenvalue weighted by atomic mass is 35.5. The van der Waals surface area contributed by atoms with Gasteiger partial charge in [0.1, 0.15) is 5.75 Å². The lowest BCUT2D eigenvalue weighted by atomic mass is 9.96. The van der Waals surface area contributed by atoms with E-state index < -0.39 is 0 Å². The summed E-state index contributed by atoms with van der Waals surface area (Å²) in [5.74, 6) is 1.55. The molecular formula is C20H21ClN2O. The minimum Gasteiger partial charge on any atom is -0.469 e. The second-order valence-electron chi connectivity index (χ2n) is 6.89. The highest BCUT2D eigenvalue weighted by Gasteiger charge is 2.40. The highest BCUT2D eigenvalue weighted by molar-refractivity contribution is 6.30. The Hall–Kier alpha value is -2.00. The van der Waals surface area contributed by atoms with Crippen molar-refractivity contribution in [2.45, 2.75) is 39.0 Å². The van der Waals surface area contributed by atoms with Gasteiger partial charge in [-0.1, -0.05) is 55.8 Å². The zero-order valence-electron chi connectivity index (χ0n) is 13.9. The highest BCUT2D eigenvalue weighted by Crippen LogP contribution is 2.43. The first-order valence-corrected chi connectivity index (χ1v) is 8.87. The minimum absolute atomic E-state index is 0.00491. The number of hydrazone groups is 1. The van der Waals surface area contributed by atoms with Crippen molar-refractivity contribution >= 4 is 17.3 Å². The maximum atomic E-state index is 6.26. The number of hydrogen-bond donors (Lipinski definition) is 0. The van der Waals surface area contributed by atoms with E-state index in [1.807, 2.05) is 30.3 Å². The Morgan fingerprint density at radius 1 is 1.17 bits per heavy atom. The molecule has 0 fully saturated rings. The topological polar surface area (TPSA) is 24.8 Å². The summed E-state index contributed by atoms with van der Waals surface area (Å²) in [6.45, 7) is 4.44. The van der Waals surface area contributed by atoms with Gasteiger partial charge in [0, 0.05) is 23.4 Å². The minimum atomic E-state index is -0.00491. The molecule has 2 heterocycles. The number of halogens is 1. The molecule has 0 radical (unpaired) electrons. The van der Waals surface area contributed by atoms with Gasteiger partial charge in [0.15, 0.2) is 6.23 Å².